The van der Waals surface area contributed by atoms with Crippen LogP contribution in [0.4, 0.5) is 5.82 Å². The Labute approximate surface area is 104 Å². The molecule has 18 heavy (non-hydrogen) atoms. The Kier molecular flexibility index (Phi) is 3.61. The predicted molar refractivity (Wildman–Crippen MR) is 62.1 cm³/mol. The van der Waals surface area contributed by atoms with Crippen molar-refractivity contribution in [2.24, 2.45) is 0 Å². The molecular weight excluding hydrogens is 238 g/mol. The second kappa shape index (κ2) is 5.18. The molecule has 0 bridgehead atoms. The number of aryl methyl sites for hydroxylation is 1. The van der Waals surface area contributed by atoms with Crippen LogP contribution in [0.25, 0.3) is 0 Å². The zero-order chi connectivity index (χ0) is 13.1. The standard InChI is InChI=1S/C11H15N3O4/c1-2-14-6-5-9(13-14)12-10(15)7-3-4-8(18-7)11(16)17/h5-8H,2-4H2,1H3,(H,16,17)(H,12,13,15). The number of aliphatic carboxylic acids is 1. The first-order valence-electron chi connectivity index (χ1n) is 5.82. The topological polar surface area (TPSA) is 93.5 Å². The summed E-state index contributed by atoms with van der Waals surface area (Å²) in [5.74, 6) is -0.926. The van der Waals surface area contributed by atoms with Gasteiger partial charge in [0.25, 0.3) is 5.91 Å². The fraction of sp³-hybridized carbons (Fsp3) is 0.545. The lowest BCUT2D eigenvalue weighted by Crippen LogP contribution is -2.30. The number of aromatic nitrogens is 2. The van der Waals surface area contributed by atoms with Crippen molar-refractivity contribution in [3.05, 3.63) is 12.3 Å². The number of nitrogens with one attached hydrogen (secondary N) is 1. The van der Waals surface area contributed by atoms with Gasteiger partial charge in [-0.3, -0.25) is 9.48 Å². The number of carboxylic acid groups (broad SMARTS) is 1. The second-order valence-corrected chi connectivity index (χ2v) is 4.07. The number of anilines is 1. The largest absolute Gasteiger partial charge is 0.479 e. The second-order valence-electron chi connectivity index (χ2n) is 4.07. The van der Waals surface area contributed by atoms with Gasteiger partial charge in [-0.15, -0.1) is 0 Å². The van der Waals surface area contributed by atoms with Gasteiger partial charge in [-0.05, 0) is 19.8 Å². The molecule has 0 spiro atoms. The average molecular weight is 253 g/mol. The zero-order valence-corrected chi connectivity index (χ0v) is 10.00. The van der Waals surface area contributed by atoms with Crippen molar-refractivity contribution in [1.29, 1.82) is 0 Å². The normalized spacial score (nSPS) is 22.9. The highest BCUT2D eigenvalue weighted by molar-refractivity contribution is 5.93. The van der Waals surface area contributed by atoms with Crippen LogP contribution in [0.5, 0.6) is 0 Å². The van der Waals surface area contributed by atoms with Crippen molar-refractivity contribution in [2.45, 2.75) is 38.5 Å². The average Bonchev–Trinajstić information content (AvgIpc) is 2.97. The molecular formula is C11H15N3O4. The maximum absolute atomic E-state index is 11.8. The Balaban J connectivity index is 1.91. The summed E-state index contributed by atoms with van der Waals surface area (Å²) in [5, 5.41) is 15.5. The van der Waals surface area contributed by atoms with E-state index in [-0.39, 0.29) is 5.91 Å². The smallest absolute Gasteiger partial charge is 0.332 e. The summed E-state index contributed by atoms with van der Waals surface area (Å²) in [4.78, 5) is 22.5. The first kappa shape index (κ1) is 12.6. The van der Waals surface area contributed by atoms with Gasteiger partial charge in [-0.25, -0.2) is 4.79 Å². The number of carboxylic acids is 1. The van der Waals surface area contributed by atoms with E-state index in [0.717, 1.165) is 6.54 Å². The van der Waals surface area contributed by atoms with Crippen LogP contribution in [-0.4, -0.2) is 39.0 Å². The lowest BCUT2D eigenvalue weighted by molar-refractivity contribution is -0.150. The minimum absolute atomic E-state index is 0.347. The van der Waals surface area contributed by atoms with Gasteiger partial charge in [0.2, 0.25) is 0 Å². The van der Waals surface area contributed by atoms with E-state index in [1.807, 2.05) is 6.92 Å². The summed E-state index contributed by atoms with van der Waals surface area (Å²) < 4.78 is 6.83. The molecule has 7 nitrogen and oxygen atoms in total. The molecule has 2 rings (SSSR count). The van der Waals surface area contributed by atoms with Gasteiger partial charge in [0, 0.05) is 18.8 Å². The van der Waals surface area contributed by atoms with Crippen LogP contribution in [0.2, 0.25) is 0 Å². The highest BCUT2D eigenvalue weighted by Gasteiger charge is 2.34. The third-order valence-corrected chi connectivity index (χ3v) is 2.80. The van der Waals surface area contributed by atoms with Crippen LogP contribution >= 0.6 is 0 Å². The number of amides is 1. The number of hydrogen-bond acceptors (Lipinski definition) is 4. The molecule has 1 saturated heterocycles. The fourth-order valence-corrected chi connectivity index (χ4v) is 1.82. The third-order valence-electron chi connectivity index (χ3n) is 2.80. The van der Waals surface area contributed by atoms with E-state index in [1.54, 1.807) is 16.9 Å². The predicted octanol–water partition coefficient (Wildman–Crippen LogP) is 0.474. The maximum Gasteiger partial charge on any atom is 0.332 e. The number of ether oxygens (including phenoxy) is 1. The maximum atomic E-state index is 11.8. The first-order chi connectivity index (χ1) is 8.60. The van der Waals surface area contributed by atoms with Crippen LogP contribution < -0.4 is 5.32 Å². The highest BCUT2D eigenvalue weighted by Crippen LogP contribution is 2.21. The molecule has 98 valence electrons. The summed E-state index contributed by atoms with van der Waals surface area (Å²) in [6.45, 7) is 2.66. The number of hydrogen-bond donors (Lipinski definition) is 2. The van der Waals surface area contributed by atoms with E-state index in [0.29, 0.717) is 18.7 Å². The molecule has 2 heterocycles. The molecule has 1 aliphatic rings. The zero-order valence-electron chi connectivity index (χ0n) is 10.00. The van der Waals surface area contributed by atoms with Crippen LogP contribution in [-0.2, 0) is 20.9 Å². The Morgan fingerprint density at radius 3 is 2.83 bits per heavy atom. The van der Waals surface area contributed by atoms with Gasteiger partial charge in [0.05, 0.1) is 0 Å². The first-order valence-corrected chi connectivity index (χ1v) is 5.82. The summed E-state index contributed by atoms with van der Waals surface area (Å²) in [6, 6.07) is 1.69. The monoisotopic (exact) mass is 253 g/mol. The highest BCUT2D eigenvalue weighted by atomic mass is 16.5. The molecule has 7 heteroatoms. The minimum Gasteiger partial charge on any atom is -0.479 e. The lowest BCUT2D eigenvalue weighted by atomic mass is 10.2. The molecule has 2 unspecified atom stereocenters. The quantitative estimate of drug-likeness (QED) is 0.813. The number of nitrogens with zero attached hydrogens (tertiary/aromatic N) is 2. The minimum atomic E-state index is -1.03. The van der Waals surface area contributed by atoms with Crippen LogP contribution in [0, 0.1) is 0 Å². The molecule has 0 saturated carbocycles. The van der Waals surface area contributed by atoms with E-state index in [1.165, 1.54) is 0 Å². The van der Waals surface area contributed by atoms with Crippen molar-refractivity contribution in [2.75, 3.05) is 5.32 Å². The van der Waals surface area contributed by atoms with Gasteiger partial charge < -0.3 is 15.2 Å². The summed E-state index contributed by atoms with van der Waals surface area (Å²) >= 11 is 0. The Bertz CT molecular complexity index is 457. The summed E-state index contributed by atoms with van der Waals surface area (Å²) in [5.41, 5.74) is 0. The third kappa shape index (κ3) is 2.67. The Morgan fingerprint density at radius 1 is 1.56 bits per heavy atom. The van der Waals surface area contributed by atoms with E-state index in [2.05, 4.69) is 10.4 Å². The van der Waals surface area contributed by atoms with E-state index >= 15 is 0 Å². The molecule has 1 amide bonds. The van der Waals surface area contributed by atoms with Crippen molar-refractivity contribution in [3.8, 4) is 0 Å². The summed E-state index contributed by atoms with van der Waals surface area (Å²) in [6.07, 6.45) is 0.936. The molecule has 0 aromatic carbocycles. The molecule has 0 aliphatic carbocycles. The SMILES string of the molecule is CCn1ccc(NC(=O)C2CCC(C(=O)O)O2)n1. The van der Waals surface area contributed by atoms with Gasteiger partial charge in [0.15, 0.2) is 11.9 Å². The van der Waals surface area contributed by atoms with Gasteiger partial charge in [0.1, 0.15) is 6.10 Å². The van der Waals surface area contributed by atoms with Gasteiger partial charge >= 0.3 is 5.97 Å². The number of rotatable bonds is 4. The molecule has 2 N–H and O–H groups in total. The van der Waals surface area contributed by atoms with Crippen molar-refractivity contribution < 1.29 is 19.4 Å². The van der Waals surface area contributed by atoms with Crippen LogP contribution in [0.3, 0.4) is 0 Å². The lowest BCUT2D eigenvalue weighted by Gasteiger charge is -2.10. The molecule has 1 fully saturated rings. The van der Waals surface area contributed by atoms with Crippen molar-refractivity contribution in [1.82, 2.24) is 9.78 Å². The van der Waals surface area contributed by atoms with E-state index < -0.39 is 18.2 Å². The van der Waals surface area contributed by atoms with Crippen molar-refractivity contribution in [3.63, 3.8) is 0 Å². The fourth-order valence-electron chi connectivity index (χ4n) is 1.82. The molecule has 1 aromatic heterocycles. The molecule has 0 radical (unpaired) electrons. The van der Waals surface area contributed by atoms with Crippen LogP contribution in [0.15, 0.2) is 12.3 Å². The molecule has 2 atom stereocenters. The number of carbonyl (C=O) groups excluding carboxylic acids is 1. The molecule has 1 aromatic rings. The van der Waals surface area contributed by atoms with E-state index in [4.69, 9.17) is 9.84 Å². The Hall–Kier alpha value is -1.89. The van der Waals surface area contributed by atoms with Gasteiger partial charge in [-0.1, -0.05) is 0 Å². The number of carbonyl (C=O) groups is 2. The van der Waals surface area contributed by atoms with Crippen molar-refractivity contribution >= 4 is 17.7 Å². The van der Waals surface area contributed by atoms with Gasteiger partial charge in [-0.2, -0.15) is 5.10 Å². The van der Waals surface area contributed by atoms with E-state index in [9.17, 15) is 9.59 Å². The molecule has 1 aliphatic heterocycles. The van der Waals surface area contributed by atoms with Crippen LogP contribution in [0.1, 0.15) is 19.8 Å². The Morgan fingerprint density at radius 2 is 2.28 bits per heavy atom. The summed E-state index contributed by atoms with van der Waals surface area (Å²) in [7, 11) is 0.